The van der Waals surface area contributed by atoms with E-state index in [2.05, 4.69) is 9.97 Å². The van der Waals surface area contributed by atoms with Crippen molar-refractivity contribution in [2.75, 3.05) is 0 Å². The Labute approximate surface area is 117 Å². The number of aryl methyl sites for hydroxylation is 2. The van der Waals surface area contributed by atoms with Crippen molar-refractivity contribution in [2.45, 2.75) is 25.7 Å². The molecule has 1 aliphatic carbocycles. The van der Waals surface area contributed by atoms with Gasteiger partial charge in [-0.3, -0.25) is 10.4 Å². The maximum Gasteiger partial charge on any atom is 0.230 e. The summed E-state index contributed by atoms with van der Waals surface area (Å²) in [6, 6.07) is 5.54. The SMILES string of the molecule is N=C(N)c1cc2c(nc1Oc1cccnc1)CCCC2. The fourth-order valence-electron chi connectivity index (χ4n) is 2.40. The second-order valence-electron chi connectivity index (χ2n) is 4.86. The number of rotatable bonds is 3. The molecule has 0 saturated heterocycles. The van der Waals surface area contributed by atoms with Gasteiger partial charge in [0.1, 0.15) is 11.6 Å². The van der Waals surface area contributed by atoms with Gasteiger partial charge in [-0.1, -0.05) is 0 Å². The van der Waals surface area contributed by atoms with Gasteiger partial charge in [-0.25, -0.2) is 4.98 Å². The Kier molecular flexibility index (Phi) is 3.33. The molecule has 2 heterocycles. The Morgan fingerprint density at radius 1 is 1.30 bits per heavy atom. The largest absolute Gasteiger partial charge is 0.437 e. The van der Waals surface area contributed by atoms with E-state index in [1.165, 1.54) is 5.56 Å². The molecule has 0 unspecified atom stereocenters. The number of hydrogen-bond donors (Lipinski definition) is 2. The molecule has 0 bridgehead atoms. The zero-order valence-electron chi connectivity index (χ0n) is 11.1. The number of aromatic nitrogens is 2. The Balaban J connectivity index is 2.02. The van der Waals surface area contributed by atoms with Crippen LogP contribution in [-0.4, -0.2) is 15.8 Å². The number of ether oxygens (including phenoxy) is 1. The van der Waals surface area contributed by atoms with E-state index in [-0.39, 0.29) is 5.84 Å². The molecule has 0 fully saturated rings. The molecule has 3 N–H and O–H groups in total. The molecule has 2 aromatic heterocycles. The lowest BCUT2D eigenvalue weighted by Crippen LogP contribution is -2.16. The minimum absolute atomic E-state index is 0.0234. The predicted molar refractivity (Wildman–Crippen MR) is 76.2 cm³/mol. The lowest BCUT2D eigenvalue weighted by Gasteiger charge is -2.18. The monoisotopic (exact) mass is 268 g/mol. The molecule has 102 valence electrons. The van der Waals surface area contributed by atoms with Crippen molar-refractivity contribution in [1.82, 2.24) is 9.97 Å². The van der Waals surface area contributed by atoms with Crippen LogP contribution >= 0.6 is 0 Å². The number of nitrogens with two attached hydrogens (primary N) is 1. The zero-order valence-corrected chi connectivity index (χ0v) is 11.1. The highest BCUT2D eigenvalue weighted by molar-refractivity contribution is 5.97. The molecule has 0 spiro atoms. The summed E-state index contributed by atoms with van der Waals surface area (Å²) < 4.78 is 5.74. The molecular weight excluding hydrogens is 252 g/mol. The number of pyridine rings is 2. The van der Waals surface area contributed by atoms with Gasteiger partial charge >= 0.3 is 0 Å². The van der Waals surface area contributed by atoms with Gasteiger partial charge in [-0.2, -0.15) is 0 Å². The second-order valence-corrected chi connectivity index (χ2v) is 4.86. The number of amidine groups is 1. The Morgan fingerprint density at radius 2 is 2.15 bits per heavy atom. The fraction of sp³-hybridized carbons (Fsp3) is 0.267. The maximum absolute atomic E-state index is 7.70. The van der Waals surface area contributed by atoms with Crippen LogP contribution in [0.2, 0.25) is 0 Å². The zero-order chi connectivity index (χ0) is 13.9. The van der Waals surface area contributed by atoms with Crippen LogP contribution in [0.1, 0.15) is 29.7 Å². The van der Waals surface area contributed by atoms with Gasteiger partial charge in [0.2, 0.25) is 5.88 Å². The summed E-state index contributed by atoms with van der Waals surface area (Å²) in [6.07, 6.45) is 7.55. The third kappa shape index (κ3) is 2.47. The van der Waals surface area contributed by atoms with Crippen molar-refractivity contribution in [3.8, 4) is 11.6 Å². The smallest absolute Gasteiger partial charge is 0.230 e. The molecule has 5 nitrogen and oxygen atoms in total. The van der Waals surface area contributed by atoms with E-state index in [0.29, 0.717) is 17.2 Å². The van der Waals surface area contributed by atoms with Gasteiger partial charge in [-0.15, -0.1) is 0 Å². The predicted octanol–water partition coefficient (Wildman–Crippen LogP) is 2.43. The maximum atomic E-state index is 7.70. The molecule has 2 aromatic rings. The van der Waals surface area contributed by atoms with E-state index in [4.69, 9.17) is 15.9 Å². The third-order valence-electron chi connectivity index (χ3n) is 3.40. The molecule has 0 amide bonds. The normalized spacial score (nSPS) is 13.6. The molecule has 1 aliphatic rings. The average Bonchev–Trinajstić information content (AvgIpc) is 2.47. The van der Waals surface area contributed by atoms with Crippen LogP contribution in [0.15, 0.2) is 30.6 Å². The third-order valence-corrected chi connectivity index (χ3v) is 3.40. The number of nitrogens with one attached hydrogen (secondary N) is 1. The molecule has 0 aromatic carbocycles. The van der Waals surface area contributed by atoms with Gasteiger partial charge in [-0.05, 0) is 49.4 Å². The Morgan fingerprint density at radius 3 is 2.90 bits per heavy atom. The molecule has 0 atom stereocenters. The second kappa shape index (κ2) is 5.28. The van der Waals surface area contributed by atoms with Crippen molar-refractivity contribution in [3.63, 3.8) is 0 Å². The number of hydrogen-bond acceptors (Lipinski definition) is 4. The summed E-state index contributed by atoms with van der Waals surface area (Å²) >= 11 is 0. The minimum Gasteiger partial charge on any atom is -0.437 e. The van der Waals surface area contributed by atoms with Crippen LogP contribution in [0.5, 0.6) is 11.6 Å². The van der Waals surface area contributed by atoms with Crippen LogP contribution in [0, 0.1) is 5.41 Å². The van der Waals surface area contributed by atoms with E-state index >= 15 is 0 Å². The summed E-state index contributed by atoms with van der Waals surface area (Å²) in [6.45, 7) is 0. The molecule has 0 saturated carbocycles. The highest BCUT2D eigenvalue weighted by atomic mass is 16.5. The van der Waals surface area contributed by atoms with E-state index < -0.39 is 0 Å². The van der Waals surface area contributed by atoms with E-state index in [1.54, 1.807) is 24.5 Å². The van der Waals surface area contributed by atoms with Crippen LogP contribution < -0.4 is 10.5 Å². The van der Waals surface area contributed by atoms with Crippen molar-refractivity contribution in [2.24, 2.45) is 5.73 Å². The highest BCUT2D eigenvalue weighted by Gasteiger charge is 2.18. The summed E-state index contributed by atoms with van der Waals surface area (Å²) in [5.74, 6) is 0.967. The highest BCUT2D eigenvalue weighted by Crippen LogP contribution is 2.28. The topological polar surface area (TPSA) is 84.9 Å². The van der Waals surface area contributed by atoms with Crippen LogP contribution in [0.4, 0.5) is 0 Å². The first-order valence-electron chi connectivity index (χ1n) is 6.69. The van der Waals surface area contributed by atoms with E-state index in [0.717, 1.165) is 31.4 Å². The van der Waals surface area contributed by atoms with Crippen molar-refractivity contribution in [1.29, 1.82) is 5.41 Å². The number of nitrogens with zero attached hydrogens (tertiary/aromatic N) is 2. The molecule has 3 rings (SSSR count). The summed E-state index contributed by atoms with van der Waals surface area (Å²) in [7, 11) is 0. The first-order chi connectivity index (χ1) is 9.74. The summed E-state index contributed by atoms with van der Waals surface area (Å²) in [4.78, 5) is 8.56. The molecule has 0 radical (unpaired) electrons. The van der Waals surface area contributed by atoms with Crippen molar-refractivity contribution in [3.05, 3.63) is 47.4 Å². The van der Waals surface area contributed by atoms with E-state index in [1.807, 2.05) is 6.07 Å². The van der Waals surface area contributed by atoms with Crippen LogP contribution in [-0.2, 0) is 12.8 Å². The molecule has 0 aliphatic heterocycles. The number of nitrogen functional groups attached to an aromatic ring is 1. The quantitative estimate of drug-likeness (QED) is 0.661. The first kappa shape index (κ1) is 12.6. The average molecular weight is 268 g/mol. The minimum atomic E-state index is -0.0234. The van der Waals surface area contributed by atoms with Gasteiger partial charge < -0.3 is 10.5 Å². The summed E-state index contributed by atoms with van der Waals surface area (Å²) in [5, 5.41) is 7.70. The Hall–Kier alpha value is -2.43. The standard InChI is InChI=1S/C15H16N4O/c16-14(17)12-8-10-4-1-2-6-13(10)19-15(12)20-11-5-3-7-18-9-11/h3,5,7-9H,1-2,4,6H2,(H3,16,17). The molecule has 20 heavy (non-hydrogen) atoms. The lowest BCUT2D eigenvalue weighted by molar-refractivity contribution is 0.454. The van der Waals surface area contributed by atoms with E-state index in [9.17, 15) is 0 Å². The van der Waals surface area contributed by atoms with Gasteiger partial charge in [0.25, 0.3) is 0 Å². The van der Waals surface area contributed by atoms with Gasteiger partial charge in [0, 0.05) is 11.9 Å². The fourth-order valence-corrected chi connectivity index (χ4v) is 2.40. The summed E-state index contributed by atoms with van der Waals surface area (Å²) in [5.41, 5.74) is 8.44. The van der Waals surface area contributed by atoms with Gasteiger partial charge in [0.15, 0.2) is 0 Å². The van der Waals surface area contributed by atoms with Crippen LogP contribution in [0.3, 0.4) is 0 Å². The first-order valence-corrected chi connectivity index (χ1v) is 6.69. The van der Waals surface area contributed by atoms with Gasteiger partial charge in [0.05, 0.1) is 11.8 Å². The molecular formula is C15H16N4O. The van der Waals surface area contributed by atoms with Crippen molar-refractivity contribution < 1.29 is 4.74 Å². The van der Waals surface area contributed by atoms with Crippen molar-refractivity contribution >= 4 is 5.84 Å². The Bertz CT molecular complexity index is 640. The number of fused-ring (bicyclic) bond motifs is 1. The lowest BCUT2D eigenvalue weighted by atomic mass is 9.95. The van der Waals surface area contributed by atoms with Crippen LogP contribution in [0.25, 0.3) is 0 Å². The molecule has 5 heteroatoms.